The van der Waals surface area contributed by atoms with Crippen LogP contribution in [-0.4, -0.2) is 25.2 Å². The summed E-state index contributed by atoms with van der Waals surface area (Å²) in [6, 6.07) is 0. The zero-order chi connectivity index (χ0) is 11.7. The van der Waals surface area contributed by atoms with Gasteiger partial charge in [-0.15, -0.1) is 0 Å². The molecule has 7 atom stereocenters. The molecule has 17 heavy (non-hydrogen) atoms. The molecule has 0 bridgehead atoms. The van der Waals surface area contributed by atoms with E-state index in [0.29, 0.717) is 11.8 Å². The molecule has 4 aliphatic rings. The minimum absolute atomic E-state index is 0.0459. The second-order valence-electron chi connectivity index (χ2n) is 5.57. The van der Waals surface area contributed by atoms with E-state index in [0.717, 1.165) is 6.42 Å². The van der Waals surface area contributed by atoms with Gasteiger partial charge < -0.3 is 9.47 Å². The monoisotopic (exact) mass is 234 g/mol. The maximum Gasteiger partial charge on any atom is 0.310 e. The summed E-state index contributed by atoms with van der Waals surface area (Å²) in [6.07, 6.45) is 5.31. The first kappa shape index (κ1) is 9.68. The SMILES string of the molecule is COC(=O)[C@H]1[C@@H]2C=C[C@@H]3C[C@@H]4OC(=O)[C@@H]1[C@@H]4[C@@H]23. The minimum Gasteiger partial charge on any atom is -0.469 e. The molecular weight excluding hydrogens is 220 g/mol. The van der Waals surface area contributed by atoms with Gasteiger partial charge in [-0.3, -0.25) is 9.59 Å². The largest absolute Gasteiger partial charge is 0.469 e. The molecule has 0 amide bonds. The zero-order valence-electron chi connectivity index (χ0n) is 9.54. The molecule has 4 nitrogen and oxygen atoms in total. The van der Waals surface area contributed by atoms with Gasteiger partial charge in [-0.25, -0.2) is 0 Å². The van der Waals surface area contributed by atoms with Gasteiger partial charge in [-0.05, 0) is 24.2 Å². The van der Waals surface area contributed by atoms with Crippen molar-refractivity contribution in [1.29, 1.82) is 0 Å². The zero-order valence-corrected chi connectivity index (χ0v) is 9.54. The molecule has 0 aromatic rings. The van der Waals surface area contributed by atoms with E-state index in [4.69, 9.17) is 9.47 Å². The summed E-state index contributed by atoms with van der Waals surface area (Å²) in [4.78, 5) is 23.8. The summed E-state index contributed by atoms with van der Waals surface area (Å²) in [5.74, 6) is 0.373. The number of esters is 2. The molecule has 90 valence electrons. The topological polar surface area (TPSA) is 52.6 Å². The van der Waals surface area contributed by atoms with E-state index in [-0.39, 0.29) is 41.7 Å². The summed E-state index contributed by atoms with van der Waals surface area (Å²) in [7, 11) is 1.39. The Labute approximate surface area is 99.0 Å². The Morgan fingerprint density at radius 3 is 3.00 bits per heavy atom. The van der Waals surface area contributed by atoms with Gasteiger partial charge >= 0.3 is 11.9 Å². The number of hydrogen-bond donors (Lipinski definition) is 0. The van der Waals surface area contributed by atoms with Gasteiger partial charge in [0.2, 0.25) is 0 Å². The normalized spacial score (nSPS) is 52.8. The summed E-state index contributed by atoms with van der Waals surface area (Å²) < 4.78 is 10.3. The van der Waals surface area contributed by atoms with E-state index in [1.807, 2.05) is 0 Å². The number of hydrogen-bond acceptors (Lipinski definition) is 4. The fourth-order valence-corrected chi connectivity index (χ4v) is 4.67. The van der Waals surface area contributed by atoms with Crippen LogP contribution in [-0.2, 0) is 19.1 Å². The summed E-state index contributed by atoms with van der Waals surface area (Å²) in [6.45, 7) is 0. The van der Waals surface area contributed by atoms with Crippen molar-refractivity contribution in [2.24, 2.45) is 35.5 Å². The van der Waals surface area contributed by atoms with Crippen LogP contribution in [0.4, 0.5) is 0 Å². The highest BCUT2D eigenvalue weighted by Gasteiger charge is 2.68. The van der Waals surface area contributed by atoms with Crippen LogP contribution in [0.15, 0.2) is 12.2 Å². The molecule has 2 saturated carbocycles. The van der Waals surface area contributed by atoms with Gasteiger partial charge in [0.05, 0.1) is 18.9 Å². The van der Waals surface area contributed by atoms with Crippen molar-refractivity contribution in [3.8, 4) is 0 Å². The van der Waals surface area contributed by atoms with Gasteiger partial charge in [0, 0.05) is 5.92 Å². The molecule has 1 aliphatic heterocycles. The third kappa shape index (κ3) is 0.956. The number of carbonyl (C=O) groups excluding carboxylic acids is 2. The van der Waals surface area contributed by atoms with Gasteiger partial charge in [0.15, 0.2) is 0 Å². The van der Waals surface area contributed by atoms with Gasteiger partial charge in [0.1, 0.15) is 6.10 Å². The van der Waals surface area contributed by atoms with Crippen LogP contribution in [0.5, 0.6) is 0 Å². The standard InChI is InChI=1S/C13H14O4/c1-16-12(14)9-6-3-2-5-4-7-10(8(5)6)11(9)13(15)17-7/h2-3,5-11H,4H2,1H3/t5-,6-,7+,8-,9+,10+,11+/m1/s1. The Balaban J connectivity index is 1.81. The van der Waals surface area contributed by atoms with Crippen LogP contribution in [0.3, 0.4) is 0 Å². The van der Waals surface area contributed by atoms with Crippen molar-refractivity contribution in [3.05, 3.63) is 12.2 Å². The van der Waals surface area contributed by atoms with Crippen LogP contribution in [0.1, 0.15) is 6.42 Å². The van der Waals surface area contributed by atoms with Crippen LogP contribution >= 0.6 is 0 Å². The molecular formula is C13H14O4. The number of rotatable bonds is 1. The van der Waals surface area contributed by atoms with Crippen LogP contribution in [0.2, 0.25) is 0 Å². The van der Waals surface area contributed by atoms with Gasteiger partial charge in [-0.1, -0.05) is 12.2 Å². The van der Waals surface area contributed by atoms with E-state index in [1.165, 1.54) is 7.11 Å². The highest BCUT2D eigenvalue weighted by atomic mass is 16.6. The molecule has 0 aromatic carbocycles. The molecule has 4 rings (SSSR count). The number of carbonyl (C=O) groups is 2. The second-order valence-corrected chi connectivity index (χ2v) is 5.57. The average molecular weight is 234 g/mol. The quantitative estimate of drug-likeness (QED) is 0.496. The van der Waals surface area contributed by atoms with Crippen molar-refractivity contribution >= 4 is 11.9 Å². The average Bonchev–Trinajstić information content (AvgIpc) is 2.97. The van der Waals surface area contributed by atoms with Crippen LogP contribution in [0, 0.1) is 35.5 Å². The van der Waals surface area contributed by atoms with Gasteiger partial charge in [0.25, 0.3) is 0 Å². The summed E-state index contributed by atoms with van der Waals surface area (Å²) >= 11 is 0. The van der Waals surface area contributed by atoms with Gasteiger partial charge in [-0.2, -0.15) is 0 Å². The highest BCUT2D eigenvalue weighted by Crippen LogP contribution is 2.63. The second kappa shape index (κ2) is 2.92. The Bertz CT molecular complexity index is 441. The fourth-order valence-electron chi connectivity index (χ4n) is 4.67. The molecule has 1 heterocycles. The third-order valence-electron chi connectivity index (χ3n) is 5.13. The fraction of sp³-hybridized carbons (Fsp3) is 0.692. The molecule has 4 heteroatoms. The summed E-state index contributed by atoms with van der Waals surface area (Å²) in [5.41, 5.74) is 0. The molecule has 3 fully saturated rings. The first-order valence-electron chi connectivity index (χ1n) is 6.19. The highest BCUT2D eigenvalue weighted by molar-refractivity contribution is 5.85. The predicted octanol–water partition coefficient (Wildman–Crippen LogP) is 0.769. The van der Waals surface area contributed by atoms with E-state index in [9.17, 15) is 9.59 Å². The summed E-state index contributed by atoms with van der Waals surface area (Å²) in [5, 5.41) is 0. The van der Waals surface area contributed by atoms with Crippen LogP contribution in [0.25, 0.3) is 0 Å². The lowest BCUT2D eigenvalue weighted by Crippen LogP contribution is -2.29. The molecule has 0 aromatic heterocycles. The number of allylic oxidation sites excluding steroid dienone is 2. The first-order valence-corrected chi connectivity index (χ1v) is 6.19. The Morgan fingerprint density at radius 2 is 2.24 bits per heavy atom. The maximum absolute atomic E-state index is 11.9. The lowest BCUT2D eigenvalue weighted by Gasteiger charge is -2.18. The predicted molar refractivity (Wildman–Crippen MR) is 56.6 cm³/mol. The van der Waals surface area contributed by atoms with E-state index in [1.54, 1.807) is 0 Å². The molecule has 1 saturated heterocycles. The Hall–Kier alpha value is -1.32. The van der Waals surface area contributed by atoms with E-state index >= 15 is 0 Å². The molecule has 0 N–H and O–H groups in total. The number of ether oxygens (including phenoxy) is 2. The maximum atomic E-state index is 11.9. The number of methoxy groups -OCH3 is 1. The third-order valence-corrected chi connectivity index (χ3v) is 5.13. The van der Waals surface area contributed by atoms with Crippen molar-refractivity contribution in [2.45, 2.75) is 12.5 Å². The molecule has 3 aliphatic carbocycles. The Morgan fingerprint density at radius 1 is 1.41 bits per heavy atom. The molecule has 0 radical (unpaired) electrons. The van der Waals surface area contributed by atoms with Crippen molar-refractivity contribution < 1.29 is 19.1 Å². The molecule has 0 spiro atoms. The van der Waals surface area contributed by atoms with Crippen molar-refractivity contribution in [2.75, 3.05) is 7.11 Å². The first-order chi connectivity index (χ1) is 8.22. The molecule has 0 unspecified atom stereocenters. The van der Waals surface area contributed by atoms with Crippen molar-refractivity contribution in [3.63, 3.8) is 0 Å². The lowest BCUT2D eigenvalue weighted by molar-refractivity contribution is -0.155. The van der Waals surface area contributed by atoms with E-state index in [2.05, 4.69) is 12.2 Å². The van der Waals surface area contributed by atoms with Crippen LogP contribution < -0.4 is 0 Å². The lowest BCUT2D eigenvalue weighted by atomic mass is 9.87. The van der Waals surface area contributed by atoms with E-state index < -0.39 is 0 Å². The Kier molecular flexibility index (Phi) is 1.66. The van der Waals surface area contributed by atoms with Crippen molar-refractivity contribution in [1.82, 2.24) is 0 Å². The smallest absolute Gasteiger partial charge is 0.310 e. The minimum atomic E-state index is -0.311.